The highest BCUT2D eigenvalue weighted by Gasteiger charge is 2.56. The molecule has 2 fully saturated rings. The van der Waals surface area contributed by atoms with Crippen LogP contribution in [0.3, 0.4) is 0 Å². The van der Waals surface area contributed by atoms with Crippen LogP contribution in [0.1, 0.15) is 31.9 Å². The van der Waals surface area contributed by atoms with Gasteiger partial charge in [-0.05, 0) is 17.7 Å². The van der Waals surface area contributed by atoms with Gasteiger partial charge in [0.05, 0.1) is 61.4 Å². The first-order valence-corrected chi connectivity index (χ1v) is 11.9. The van der Waals surface area contributed by atoms with Crippen LogP contribution < -0.4 is 19.5 Å². The van der Waals surface area contributed by atoms with E-state index in [0.717, 1.165) is 18.5 Å². The molecule has 1 spiro atoms. The van der Waals surface area contributed by atoms with Gasteiger partial charge in [-0.2, -0.15) is 0 Å². The van der Waals surface area contributed by atoms with Gasteiger partial charge in [-0.25, -0.2) is 0 Å². The van der Waals surface area contributed by atoms with E-state index in [4.69, 9.17) is 28.8 Å². The molecule has 0 amide bonds. The van der Waals surface area contributed by atoms with E-state index in [-0.39, 0.29) is 11.5 Å². The Morgan fingerprint density at radius 1 is 0.875 bits per heavy atom. The maximum absolute atomic E-state index is 10.4. The van der Waals surface area contributed by atoms with Gasteiger partial charge < -0.3 is 34.1 Å². The van der Waals surface area contributed by atoms with Crippen molar-refractivity contribution in [2.75, 3.05) is 41.1 Å². The standard InChI is InChI=1S/C18H27NO5.C6H3N3O7/c1-17(2)16(19-7-6-18(17)23-8-9-24-18)12-10-13(20-3)15(22-5)14(11-12)21-4;10-6-4(8(13)14)1-3(7(11)12)2-5(6)9(15)16/h10-11,16,19H,6-9H2,1-5H3;1-2,10H. The van der Waals surface area contributed by atoms with Crippen LogP contribution >= 0.6 is 0 Å². The molecule has 2 aliphatic rings. The zero-order valence-corrected chi connectivity index (χ0v) is 22.5. The number of ether oxygens (including phenoxy) is 5. The maximum Gasteiger partial charge on any atom is 0.324 e. The van der Waals surface area contributed by atoms with E-state index in [1.807, 2.05) is 12.1 Å². The fourth-order valence-electron chi connectivity index (χ4n) is 4.93. The van der Waals surface area contributed by atoms with Crippen molar-refractivity contribution in [1.29, 1.82) is 0 Å². The summed E-state index contributed by atoms with van der Waals surface area (Å²) in [6.07, 6.45) is 0.834. The number of phenolic OH excluding ortho intramolecular Hbond substituents is 1. The summed E-state index contributed by atoms with van der Waals surface area (Å²) in [5.41, 5.74) is -2.20. The molecule has 2 N–H and O–H groups in total. The zero-order valence-electron chi connectivity index (χ0n) is 22.5. The second-order valence-corrected chi connectivity index (χ2v) is 9.37. The second kappa shape index (κ2) is 11.8. The highest BCUT2D eigenvalue weighted by Crippen LogP contribution is 2.53. The normalized spacial score (nSPS) is 18.8. The number of piperidine rings is 1. The van der Waals surface area contributed by atoms with E-state index in [1.54, 1.807) is 21.3 Å². The largest absolute Gasteiger partial charge is 0.497 e. The molecule has 1 unspecified atom stereocenters. The molecule has 1 atom stereocenters. The van der Waals surface area contributed by atoms with Crippen molar-refractivity contribution in [2.24, 2.45) is 5.41 Å². The van der Waals surface area contributed by atoms with Gasteiger partial charge in [0, 0.05) is 24.4 Å². The molecular formula is C24H30N4O12. The molecule has 0 aromatic heterocycles. The molecule has 4 rings (SSSR count). The molecule has 2 aliphatic heterocycles. The van der Waals surface area contributed by atoms with E-state index in [1.165, 1.54) is 0 Å². The lowest BCUT2D eigenvalue weighted by atomic mass is 9.70. The number of methoxy groups -OCH3 is 3. The third kappa shape index (κ3) is 5.54. The van der Waals surface area contributed by atoms with Crippen molar-refractivity contribution in [3.05, 3.63) is 60.2 Å². The van der Waals surface area contributed by atoms with Crippen LogP contribution in [0.2, 0.25) is 0 Å². The number of aromatic hydroxyl groups is 1. The summed E-state index contributed by atoms with van der Waals surface area (Å²) in [4.78, 5) is 27.8. The van der Waals surface area contributed by atoms with E-state index in [2.05, 4.69) is 19.2 Å². The summed E-state index contributed by atoms with van der Waals surface area (Å²) in [5, 5.41) is 43.8. The molecule has 0 bridgehead atoms. The average molecular weight is 567 g/mol. The summed E-state index contributed by atoms with van der Waals surface area (Å²) < 4.78 is 28.5. The van der Waals surface area contributed by atoms with Crippen LogP contribution in [-0.2, 0) is 9.47 Å². The van der Waals surface area contributed by atoms with Crippen LogP contribution in [0, 0.1) is 35.8 Å². The summed E-state index contributed by atoms with van der Waals surface area (Å²) in [7, 11) is 4.87. The lowest BCUT2D eigenvalue weighted by Gasteiger charge is -2.51. The zero-order chi connectivity index (χ0) is 29.8. The van der Waals surface area contributed by atoms with Crippen LogP contribution in [-0.4, -0.2) is 66.8 Å². The molecule has 2 aromatic rings. The molecule has 40 heavy (non-hydrogen) atoms. The number of hydrogen-bond donors (Lipinski definition) is 2. The van der Waals surface area contributed by atoms with Crippen LogP contribution in [0.25, 0.3) is 0 Å². The van der Waals surface area contributed by atoms with Crippen molar-refractivity contribution in [2.45, 2.75) is 32.1 Å². The van der Waals surface area contributed by atoms with Crippen molar-refractivity contribution in [1.82, 2.24) is 5.32 Å². The monoisotopic (exact) mass is 566 g/mol. The smallest absolute Gasteiger partial charge is 0.324 e. The lowest BCUT2D eigenvalue weighted by Crippen LogP contribution is -2.58. The fourth-order valence-corrected chi connectivity index (χ4v) is 4.93. The topological polar surface area (TPSA) is 208 Å². The Morgan fingerprint density at radius 3 is 1.77 bits per heavy atom. The van der Waals surface area contributed by atoms with Crippen LogP contribution in [0.4, 0.5) is 17.1 Å². The number of hydrogen-bond acceptors (Lipinski definition) is 13. The van der Waals surface area contributed by atoms with Gasteiger partial charge >= 0.3 is 11.4 Å². The molecule has 218 valence electrons. The van der Waals surface area contributed by atoms with E-state index in [0.29, 0.717) is 42.6 Å². The summed E-state index contributed by atoms with van der Waals surface area (Å²) in [5.74, 6) is 0.138. The summed E-state index contributed by atoms with van der Waals surface area (Å²) in [6.45, 7) is 6.47. The number of nitrogens with zero attached hydrogens (tertiary/aromatic N) is 3. The molecular weight excluding hydrogens is 536 g/mol. The number of nitro benzene ring substituents is 3. The van der Waals surface area contributed by atoms with Crippen molar-refractivity contribution in [3.8, 4) is 23.0 Å². The minimum Gasteiger partial charge on any atom is -0.497 e. The van der Waals surface area contributed by atoms with Crippen LogP contribution in [0.15, 0.2) is 24.3 Å². The van der Waals surface area contributed by atoms with Crippen molar-refractivity contribution < 1.29 is 43.6 Å². The van der Waals surface area contributed by atoms with Crippen molar-refractivity contribution in [3.63, 3.8) is 0 Å². The highest BCUT2D eigenvalue weighted by atomic mass is 16.7. The molecule has 0 radical (unpaired) electrons. The first kappa shape index (κ1) is 30.3. The number of phenols is 1. The molecule has 0 aliphatic carbocycles. The summed E-state index contributed by atoms with van der Waals surface area (Å²) in [6, 6.07) is 4.92. The first-order chi connectivity index (χ1) is 18.8. The van der Waals surface area contributed by atoms with E-state index >= 15 is 0 Å². The van der Waals surface area contributed by atoms with Crippen molar-refractivity contribution >= 4 is 17.1 Å². The number of nitrogens with one attached hydrogen (secondary N) is 1. The Bertz CT molecular complexity index is 1230. The first-order valence-electron chi connectivity index (χ1n) is 11.9. The maximum atomic E-state index is 10.4. The minimum atomic E-state index is -1.21. The average Bonchev–Trinajstić information content (AvgIpc) is 3.39. The second-order valence-electron chi connectivity index (χ2n) is 9.37. The van der Waals surface area contributed by atoms with Gasteiger partial charge in [0.1, 0.15) is 0 Å². The Balaban J connectivity index is 0.000000241. The van der Waals surface area contributed by atoms with Gasteiger partial charge in [-0.3, -0.25) is 30.3 Å². The molecule has 0 saturated carbocycles. The lowest BCUT2D eigenvalue weighted by molar-refractivity contribution is -0.404. The van der Waals surface area contributed by atoms with E-state index in [9.17, 15) is 30.3 Å². The summed E-state index contributed by atoms with van der Waals surface area (Å²) >= 11 is 0. The molecule has 2 saturated heterocycles. The molecule has 16 heteroatoms. The van der Waals surface area contributed by atoms with Gasteiger partial charge in [0.2, 0.25) is 5.75 Å². The van der Waals surface area contributed by atoms with E-state index < -0.39 is 43.4 Å². The fraction of sp³-hybridized carbons (Fsp3) is 0.500. The third-order valence-corrected chi connectivity index (χ3v) is 6.94. The number of nitro groups is 3. The van der Waals surface area contributed by atoms with Gasteiger partial charge in [0.15, 0.2) is 17.3 Å². The Kier molecular flexibility index (Phi) is 8.97. The Hall–Kier alpha value is -4.28. The predicted molar refractivity (Wildman–Crippen MR) is 138 cm³/mol. The highest BCUT2D eigenvalue weighted by molar-refractivity contribution is 5.64. The van der Waals surface area contributed by atoms with Gasteiger partial charge in [-0.1, -0.05) is 13.8 Å². The third-order valence-electron chi connectivity index (χ3n) is 6.94. The Morgan fingerprint density at radius 2 is 1.38 bits per heavy atom. The quantitative estimate of drug-likeness (QED) is 0.363. The van der Waals surface area contributed by atoms with Crippen LogP contribution in [0.5, 0.6) is 23.0 Å². The number of rotatable bonds is 7. The minimum absolute atomic E-state index is 0.0399. The number of benzene rings is 2. The SMILES string of the molecule is COc1cc(C2NCCC3(OCCO3)C2(C)C)cc(OC)c1OC.O=[N+]([O-])c1cc([N+](=O)[O-])c(O)c([N+](=O)[O-])c1. The number of non-ortho nitro benzene ring substituents is 1. The Labute approximate surface area is 228 Å². The van der Waals surface area contributed by atoms with Gasteiger partial charge in [-0.15, -0.1) is 0 Å². The predicted octanol–water partition coefficient (Wildman–Crippen LogP) is 3.63. The molecule has 2 heterocycles. The molecule has 16 nitrogen and oxygen atoms in total. The molecule has 2 aromatic carbocycles. The van der Waals surface area contributed by atoms with Gasteiger partial charge in [0.25, 0.3) is 11.4 Å².